The van der Waals surface area contributed by atoms with E-state index in [1.54, 1.807) is 0 Å². The lowest BCUT2D eigenvalue weighted by Gasteiger charge is -2.06. The topological polar surface area (TPSA) is 30.7 Å². The monoisotopic (exact) mass is 339 g/mol. The van der Waals surface area contributed by atoms with Crippen molar-refractivity contribution in [2.24, 2.45) is 0 Å². The van der Waals surface area contributed by atoms with Crippen molar-refractivity contribution in [1.82, 2.24) is 14.8 Å². The Bertz CT molecular complexity index is 836. The molecule has 0 N–H and O–H groups in total. The molecule has 0 saturated carbocycles. The summed E-state index contributed by atoms with van der Waals surface area (Å²) in [6.07, 6.45) is -0.535. The predicted octanol–water partition coefficient (Wildman–Crippen LogP) is 4.45. The molecule has 3 nitrogen and oxygen atoms in total. The van der Waals surface area contributed by atoms with Gasteiger partial charge < -0.3 is 0 Å². The number of rotatable bonds is 3. The van der Waals surface area contributed by atoms with Crippen LogP contribution < -0.4 is 0 Å². The minimum Gasteiger partial charge on any atom is -0.265 e. The molecule has 1 aromatic carbocycles. The molecule has 2 heterocycles. The molecular weight excluding hydrogens is 329 g/mol. The summed E-state index contributed by atoms with van der Waals surface area (Å²) < 4.78 is 66.6. The molecule has 3 aromatic rings. The lowest BCUT2D eigenvalue weighted by molar-refractivity contribution is -0.142. The minimum atomic E-state index is -4.51. The zero-order valence-electron chi connectivity index (χ0n) is 12.1. The van der Waals surface area contributed by atoms with Crippen LogP contribution >= 0.6 is 0 Å². The van der Waals surface area contributed by atoms with E-state index in [2.05, 4.69) is 10.1 Å². The molecule has 0 saturated heterocycles. The number of halogens is 5. The standard InChI is InChI=1S/C16H10F5N3/c17-12-2-1-3-13(18)14(12)15-11(10-4-6-22-7-5-10)8-24(23-15)9-16(19,20)21/h1-8H,9H2. The van der Waals surface area contributed by atoms with Crippen LogP contribution in [0.4, 0.5) is 22.0 Å². The van der Waals surface area contributed by atoms with Crippen LogP contribution in [0.5, 0.6) is 0 Å². The predicted molar refractivity (Wildman–Crippen MR) is 76.9 cm³/mol. The highest BCUT2D eigenvalue weighted by Crippen LogP contribution is 2.34. The Balaban J connectivity index is 2.20. The molecular formula is C16H10F5N3. The number of pyridine rings is 1. The minimum absolute atomic E-state index is 0.186. The SMILES string of the molecule is Fc1cccc(F)c1-c1nn(CC(F)(F)F)cc1-c1ccncc1. The van der Waals surface area contributed by atoms with Crippen LogP contribution in [0.1, 0.15) is 0 Å². The van der Waals surface area contributed by atoms with Crippen molar-refractivity contribution in [2.45, 2.75) is 12.7 Å². The number of hydrogen-bond acceptors (Lipinski definition) is 2. The van der Waals surface area contributed by atoms with Gasteiger partial charge in [0.2, 0.25) is 0 Å². The molecule has 0 aliphatic carbocycles. The Labute approximate surface area is 133 Å². The maximum Gasteiger partial charge on any atom is 0.408 e. The second-order valence-electron chi connectivity index (χ2n) is 5.04. The maximum atomic E-state index is 14.1. The Kier molecular flexibility index (Phi) is 4.04. The first-order valence-electron chi connectivity index (χ1n) is 6.84. The van der Waals surface area contributed by atoms with E-state index in [0.29, 0.717) is 10.2 Å². The summed E-state index contributed by atoms with van der Waals surface area (Å²) in [6.45, 7) is -1.36. The zero-order valence-corrected chi connectivity index (χ0v) is 12.1. The molecule has 8 heteroatoms. The second-order valence-corrected chi connectivity index (χ2v) is 5.04. The maximum absolute atomic E-state index is 14.1. The summed E-state index contributed by atoms with van der Waals surface area (Å²) >= 11 is 0. The van der Waals surface area contributed by atoms with Gasteiger partial charge in [0.05, 0.1) is 5.56 Å². The average molecular weight is 339 g/mol. The zero-order chi connectivity index (χ0) is 17.3. The quantitative estimate of drug-likeness (QED) is 0.660. The van der Waals surface area contributed by atoms with Crippen LogP contribution in [0, 0.1) is 11.6 Å². The Morgan fingerprint density at radius 2 is 1.58 bits per heavy atom. The summed E-state index contributed by atoms with van der Waals surface area (Å²) in [5.41, 5.74) is -0.0204. The molecule has 0 spiro atoms. The van der Waals surface area contributed by atoms with Crippen molar-refractivity contribution in [3.63, 3.8) is 0 Å². The van der Waals surface area contributed by atoms with Gasteiger partial charge in [0.1, 0.15) is 23.9 Å². The van der Waals surface area contributed by atoms with Crippen molar-refractivity contribution >= 4 is 0 Å². The molecule has 0 fully saturated rings. The van der Waals surface area contributed by atoms with Gasteiger partial charge in [-0.15, -0.1) is 0 Å². The Morgan fingerprint density at radius 3 is 2.17 bits per heavy atom. The molecule has 2 aromatic heterocycles. The smallest absolute Gasteiger partial charge is 0.265 e. The van der Waals surface area contributed by atoms with Gasteiger partial charge in [0.25, 0.3) is 0 Å². The molecule has 0 unspecified atom stereocenters. The van der Waals surface area contributed by atoms with Gasteiger partial charge in [-0.25, -0.2) is 8.78 Å². The van der Waals surface area contributed by atoms with Gasteiger partial charge in [-0.2, -0.15) is 18.3 Å². The van der Waals surface area contributed by atoms with Crippen LogP contribution in [0.3, 0.4) is 0 Å². The van der Waals surface area contributed by atoms with E-state index in [0.717, 1.165) is 18.3 Å². The Hall–Kier alpha value is -2.77. The fraction of sp³-hybridized carbons (Fsp3) is 0.125. The molecule has 124 valence electrons. The first-order chi connectivity index (χ1) is 11.3. The van der Waals surface area contributed by atoms with E-state index in [4.69, 9.17) is 0 Å². The number of hydrogen-bond donors (Lipinski definition) is 0. The third-order valence-electron chi connectivity index (χ3n) is 3.29. The van der Waals surface area contributed by atoms with Gasteiger partial charge in [-0.1, -0.05) is 6.07 Å². The first kappa shape index (κ1) is 16.1. The molecule has 0 amide bonds. The number of alkyl halides is 3. The van der Waals surface area contributed by atoms with Crippen LogP contribution in [0.2, 0.25) is 0 Å². The number of benzene rings is 1. The summed E-state index contributed by atoms with van der Waals surface area (Å²) in [4.78, 5) is 3.82. The van der Waals surface area contributed by atoms with Gasteiger partial charge in [-0.05, 0) is 29.8 Å². The van der Waals surface area contributed by atoms with Gasteiger partial charge in [-0.3, -0.25) is 9.67 Å². The van der Waals surface area contributed by atoms with E-state index in [9.17, 15) is 22.0 Å². The number of nitrogens with zero attached hydrogens (tertiary/aromatic N) is 3. The van der Waals surface area contributed by atoms with Crippen LogP contribution in [0.25, 0.3) is 22.4 Å². The summed E-state index contributed by atoms with van der Waals surface area (Å²) in [7, 11) is 0. The van der Waals surface area contributed by atoms with Crippen LogP contribution in [0.15, 0.2) is 48.9 Å². The average Bonchev–Trinajstić information content (AvgIpc) is 2.89. The third kappa shape index (κ3) is 3.27. The fourth-order valence-electron chi connectivity index (χ4n) is 2.34. The third-order valence-corrected chi connectivity index (χ3v) is 3.29. The molecule has 0 aliphatic rings. The van der Waals surface area contributed by atoms with E-state index < -0.39 is 29.9 Å². The summed E-state index contributed by atoms with van der Waals surface area (Å²) in [5, 5.41) is 3.76. The van der Waals surface area contributed by atoms with Crippen molar-refractivity contribution in [3.05, 3.63) is 60.6 Å². The van der Waals surface area contributed by atoms with E-state index in [1.807, 2.05) is 0 Å². The highest BCUT2D eigenvalue weighted by molar-refractivity contribution is 5.80. The molecule has 3 rings (SSSR count). The van der Waals surface area contributed by atoms with E-state index in [1.165, 1.54) is 30.6 Å². The highest BCUT2D eigenvalue weighted by atomic mass is 19.4. The second kappa shape index (κ2) is 6.03. The van der Waals surface area contributed by atoms with Crippen LogP contribution in [-0.4, -0.2) is 20.9 Å². The largest absolute Gasteiger partial charge is 0.408 e. The van der Waals surface area contributed by atoms with Crippen molar-refractivity contribution in [2.75, 3.05) is 0 Å². The van der Waals surface area contributed by atoms with Gasteiger partial charge >= 0.3 is 6.18 Å². The van der Waals surface area contributed by atoms with E-state index >= 15 is 0 Å². The van der Waals surface area contributed by atoms with E-state index in [-0.39, 0.29) is 11.3 Å². The van der Waals surface area contributed by atoms with Gasteiger partial charge in [0.15, 0.2) is 0 Å². The van der Waals surface area contributed by atoms with Gasteiger partial charge in [0, 0.05) is 24.2 Å². The molecule has 0 atom stereocenters. The Morgan fingerprint density at radius 1 is 0.958 bits per heavy atom. The van der Waals surface area contributed by atoms with Crippen molar-refractivity contribution < 1.29 is 22.0 Å². The summed E-state index contributed by atoms with van der Waals surface area (Å²) in [5.74, 6) is -1.80. The normalized spacial score (nSPS) is 11.7. The molecule has 0 bridgehead atoms. The fourth-order valence-corrected chi connectivity index (χ4v) is 2.34. The lowest BCUT2D eigenvalue weighted by Crippen LogP contribution is -2.18. The number of aromatic nitrogens is 3. The van der Waals surface area contributed by atoms with Crippen molar-refractivity contribution in [1.29, 1.82) is 0 Å². The molecule has 24 heavy (non-hydrogen) atoms. The van der Waals surface area contributed by atoms with Crippen molar-refractivity contribution in [3.8, 4) is 22.4 Å². The first-order valence-corrected chi connectivity index (χ1v) is 6.84. The summed E-state index contributed by atoms with van der Waals surface area (Å²) in [6, 6.07) is 6.27. The van der Waals surface area contributed by atoms with Crippen LogP contribution in [-0.2, 0) is 6.54 Å². The molecule has 0 radical (unpaired) electrons. The lowest BCUT2D eigenvalue weighted by atomic mass is 10.0. The highest BCUT2D eigenvalue weighted by Gasteiger charge is 2.30. The molecule has 0 aliphatic heterocycles.